The van der Waals surface area contributed by atoms with Gasteiger partial charge in [-0.25, -0.2) is 4.39 Å². The molecular weight excluding hydrogens is 347 g/mol. The van der Waals surface area contributed by atoms with Crippen molar-refractivity contribution in [3.8, 4) is 22.6 Å². The third-order valence-corrected chi connectivity index (χ3v) is 4.94. The number of phenols is 1. The number of nitrogens with one attached hydrogen (secondary N) is 2. The van der Waals surface area contributed by atoms with Gasteiger partial charge in [-0.2, -0.15) is 5.10 Å². The maximum atomic E-state index is 14.3. The van der Waals surface area contributed by atoms with Gasteiger partial charge in [0.05, 0.1) is 19.3 Å². The minimum atomic E-state index is -0.733. The number of benzene rings is 2. The Bertz CT molecular complexity index is 1190. The highest BCUT2D eigenvalue weighted by Gasteiger charge is 2.27. The van der Waals surface area contributed by atoms with E-state index in [0.717, 1.165) is 27.8 Å². The Morgan fingerprint density at radius 2 is 2.04 bits per heavy atom. The molecule has 4 aromatic rings. The SMILES string of the molecule is COc1cc(C2Nc3ccccc3-c3cnnc4[nH]cc2c34)cc(F)c1O. The van der Waals surface area contributed by atoms with Crippen LogP contribution in [0.25, 0.3) is 22.2 Å². The van der Waals surface area contributed by atoms with Crippen molar-refractivity contribution in [2.24, 2.45) is 0 Å². The second-order valence-corrected chi connectivity index (χ2v) is 6.40. The van der Waals surface area contributed by atoms with Gasteiger partial charge in [-0.05, 0) is 23.8 Å². The number of hydrogen-bond donors (Lipinski definition) is 3. The van der Waals surface area contributed by atoms with Crippen LogP contribution in [0.15, 0.2) is 48.8 Å². The summed E-state index contributed by atoms with van der Waals surface area (Å²) in [5.74, 6) is -1.14. The number of aromatic hydroxyl groups is 1. The first kappa shape index (κ1) is 15.6. The topological polar surface area (TPSA) is 83.1 Å². The van der Waals surface area contributed by atoms with Crippen molar-refractivity contribution in [2.45, 2.75) is 6.04 Å². The van der Waals surface area contributed by atoms with E-state index < -0.39 is 11.6 Å². The largest absolute Gasteiger partial charge is 0.502 e. The quantitative estimate of drug-likeness (QED) is 0.502. The van der Waals surface area contributed by atoms with E-state index in [1.54, 1.807) is 12.3 Å². The maximum Gasteiger partial charge on any atom is 0.194 e. The van der Waals surface area contributed by atoms with Crippen LogP contribution in [0.3, 0.4) is 0 Å². The lowest BCUT2D eigenvalue weighted by Gasteiger charge is -2.20. The number of anilines is 1. The Labute approximate surface area is 153 Å². The molecule has 0 bridgehead atoms. The Morgan fingerprint density at radius 1 is 1.19 bits per heavy atom. The van der Waals surface area contributed by atoms with Crippen LogP contribution in [0.4, 0.5) is 10.1 Å². The van der Waals surface area contributed by atoms with Crippen LogP contribution in [-0.4, -0.2) is 27.4 Å². The van der Waals surface area contributed by atoms with Gasteiger partial charge in [-0.15, -0.1) is 5.10 Å². The maximum absolute atomic E-state index is 14.3. The summed E-state index contributed by atoms with van der Waals surface area (Å²) in [5.41, 5.74) is 5.05. The lowest BCUT2D eigenvalue weighted by Crippen LogP contribution is -2.12. The summed E-state index contributed by atoms with van der Waals surface area (Å²) in [4.78, 5) is 3.14. The number of fused-ring (bicyclic) bond motifs is 2. The van der Waals surface area contributed by atoms with Gasteiger partial charge in [0.15, 0.2) is 23.0 Å². The van der Waals surface area contributed by atoms with Crippen molar-refractivity contribution in [3.05, 3.63) is 65.7 Å². The monoisotopic (exact) mass is 362 g/mol. The lowest BCUT2D eigenvalue weighted by molar-refractivity contribution is 0.356. The first-order chi connectivity index (χ1) is 13.2. The summed E-state index contributed by atoms with van der Waals surface area (Å²) in [6.07, 6.45) is 3.59. The highest BCUT2D eigenvalue weighted by atomic mass is 19.1. The molecule has 5 rings (SSSR count). The van der Waals surface area contributed by atoms with E-state index in [4.69, 9.17) is 4.74 Å². The van der Waals surface area contributed by atoms with Crippen LogP contribution in [0.1, 0.15) is 17.2 Å². The van der Waals surface area contributed by atoms with Crippen molar-refractivity contribution in [2.75, 3.05) is 12.4 Å². The Kier molecular flexibility index (Phi) is 3.30. The molecule has 0 saturated carbocycles. The third kappa shape index (κ3) is 2.25. The van der Waals surface area contributed by atoms with Crippen molar-refractivity contribution in [3.63, 3.8) is 0 Å². The summed E-state index contributed by atoms with van der Waals surface area (Å²) in [6.45, 7) is 0. The third-order valence-electron chi connectivity index (χ3n) is 4.94. The van der Waals surface area contributed by atoms with Gasteiger partial charge in [-0.3, -0.25) is 0 Å². The average molecular weight is 362 g/mol. The van der Waals surface area contributed by atoms with Crippen LogP contribution >= 0.6 is 0 Å². The van der Waals surface area contributed by atoms with Crippen LogP contribution in [-0.2, 0) is 0 Å². The summed E-state index contributed by atoms with van der Waals surface area (Å²) < 4.78 is 19.4. The summed E-state index contributed by atoms with van der Waals surface area (Å²) in [6, 6.07) is 10.5. The summed E-state index contributed by atoms with van der Waals surface area (Å²) >= 11 is 0. The first-order valence-electron chi connectivity index (χ1n) is 8.42. The predicted molar refractivity (Wildman–Crippen MR) is 99.4 cm³/mol. The molecule has 6 nitrogen and oxygen atoms in total. The zero-order valence-electron chi connectivity index (χ0n) is 14.3. The van der Waals surface area contributed by atoms with Gasteiger partial charge >= 0.3 is 0 Å². The van der Waals surface area contributed by atoms with Gasteiger partial charge in [0, 0.05) is 34.0 Å². The molecular formula is C20H15FN4O2. The van der Waals surface area contributed by atoms with Crippen molar-refractivity contribution >= 4 is 16.7 Å². The fourth-order valence-corrected chi connectivity index (χ4v) is 3.69. The molecule has 134 valence electrons. The number of H-pyrrole nitrogens is 1. The van der Waals surface area contributed by atoms with Crippen LogP contribution in [0.5, 0.6) is 11.5 Å². The number of halogens is 1. The van der Waals surface area contributed by atoms with Crippen molar-refractivity contribution in [1.82, 2.24) is 15.2 Å². The van der Waals surface area contributed by atoms with Crippen LogP contribution in [0.2, 0.25) is 0 Å². The van der Waals surface area contributed by atoms with Gasteiger partial charge in [0.1, 0.15) is 0 Å². The number of ether oxygens (including phenoxy) is 1. The molecule has 1 unspecified atom stereocenters. The van der Waals surface area contributed by atoms with Crippen molar-refractivity contribution < 1.29 is 14.2 Å². The highest BCUT2D eigenvalue weighted by Crippen LogP contribution is 2.44. The zero-order chi connectivity index (χ0) is 18.5. The second kappa shape index (κ2) is 5.70. The van der Waals surface area contributed by atoms with E-state index in [1.807, 2.05) is 30.5 Å². The number of methoxy groups -OCH3 is 1. The fourth-order valence-electron chi connectivity index (χ4n) is 3.69. The first-order valence-corrected chi connectivity index (χ1v) is 8.42. The molecule has 2 aromatic carbocycles. The Hall–Kier alpha value is -3.61. The molecule has 0 spiro atoms. The molecule has 3 heterocycles. The minimum absolute atomic E-state index is 0.0872. The van der Waals surface area contributed by atoms with Crippen molar-refractivity contribution in [1.29, 1.82) is 0 Å². The molecule has 7 heteroatoms. The Balaban J connectivity index is 1.81. The molecule has 0 fully saturated rings. The minimum Gasteiger partial charge on any atom is -0.502 e. The van der Waals surface area contributed by atoms with Gasteiger partial charge < -0.3 is 20.1 Å². The Morgan fingerprint density at radius 3 is 2.89 bits per heavy atom. The molecule has 1 atom stereocenters. The van der Waals surface area contributed by atoms with E-state index in [9.17, 15) is 9.50 Å². The van der Waals surface area contributed by atoms with Crippen LogP contribution < -0.4 is 10.1 Å². The fraction of sp³-hybridized carbons (Fsp3) is 0.100. The van der Waals surface area contributed by atoms with Crippen LogP contribution in [0, 0.1) is 5.82 Å². The average Bonchev–Trinajstić information content (AvgIpc) is 3.06. The standard InChI is InChI=1S/C20H15FN4O2/c1-27-16-7-10(6-14(21)19(16)26)18-13-8-22-20-17(13)12(9-23-25-20)11-4-2-3-5-15(11)24-18/h2-9,18,24,26H,1H3,(H,22,25). The highest BCUT2D eigenvalue weighted by molar-refractivity contribution is 6.00. The summed E-state index contributed by atoms with van der Waals surface area (Å²) in [7, 11) is 1.40. The normalized spacial score (nSPS) is 15.1. The number of hydrogen-bond acceptors (Lipinski definition) is 5. The molecule has 0 saturated heterocycles. The number of rotatable bonds is 2. The second-order valence-electron chi connectivity index (χ2n) is 6.40. The molecule has 2 aromatic heterocycles. The van der Waals surface area contributed by atoms with E-state index >= 15 is 0 Å². The molecule has 1 aliphatic rings. The summed E-state index contributed by atoms with van der Waals surface area (Å²) in [5, 5.41) is 22.6. The van der Waals surface area contributed by atoms with E-state index in [0.29, 0.717) is 11.2 Å². The molecule has 27 heavy (non-hydrogen) atoms. The lowest BCUT2D eigenvalue weighted by atomic mass is 9.97. The molecule has 0 amide bonds. The molecule has 0 aliphatic carbocycles. The number of para-hydroxylation sites is 1. The van der Waals surface area contributed by atoms with Gasteiger partial charge in [-0.1, -0.05) is 18.2 Å². The van der Waals surface area contributed by atoms with E-state index in [1.165, 1.54) is 13.2 Å². The number of nitrogens with zero attached hydrogens (tertiary/aromatic N) is 2. The molecule has 0 radical (unpaired) electrons. The predicted octanol–water partition coefficient (Wildman–Crippen LogP) is 3.99. The number of aromatic amines is 1. The smallest absolute Gasteiger partial charge is 0.194 e. The number of aromatic nitrogens is 3. The zero-order valence-corrected chi connectivity index (χ0v) is 14.3. The van der Waals surface area contributed by atoms with Gasteiger partial charge in [0.2, 0.25) is 0 Å². The van der Waals surface area contributed by atoms with Gasteiger partial charge in [0.25, 0.3) is 0 Å². The van der Waals surface area contributed by atoms with E-state index in [-0.39, 0.29) is 11.8 Å². The number of phenolic OH excluding ortho intramolecular Hbond substituents is 1. The van der Waals surface area contributed by atoms with E-state index in [2.05, 4.69) is 20.5 Å². The molecule has 3 N–H and O–H groups in total. The molecule has 1 aliphatic heterocycles.